The number of nitrogens with two attached hydrogens (primary N) is 1. The van der Waals surface area contributed by atoms with Crippen molar-refractivity contribution < 1.29 is 14.0 Å². The van der Waals surface area contributed by atoms with Gasteiger partial charge >= 0.3 is 0 Å². The molecule has 1 aliphatic heterocycles. The first-order valence-corrected chi connectivity index (χ1v) is 8.76. The summed E-state index contributed by atoms with van der Waals surface area (Å²) in [5, 5.41) is 2.86. The highest BCUT2D eigenvalue weighted by Gasteiger charge is 2.17. The first kappa shape index (κ1) is 17.9. The summed E-state index contributed by atoms with van der Waals surface area (Å²) in [5.41, 5.74) is 7.74. The van der Waals surface area contributed by atoms with Crippen LogP contribution < -0.4 is 16.0 Å². The lowest BCUT2D eigenvalue weighted by Gasteiger charge is -2.30. The molecule has 0 spiro atoms. The maximum Gasteiger partial charge on any atom is 0.248 e. The maximum absolute atomic E-state index is 13.3. The van der Waals surface area contributed by atoms with Gasteiger partial charge in [-0.2, -0.15) is 0 Å². The molecule has 0 aromatic heterocycles. The van der Waals surface area contributed by atoms with Crippen molar-refractivity contribution >= 4 is 23.2 Å². The van der Waals surface area contributed by atoms with E-state index in [2.05, 4.69) is 10.2 Å². The van der Waals surface area contributed by atoms with Crippen LogP contribution in [0, 0.1) is 5.82 Å². The number of amides is 2. The van der Waals surface area contributed by atoms with Gasteiger partial charge in [0, 0.05) is 18.7 Å². The van der Waals surface area contributed by atoms with Gasteiger partial charge in [0.05, 0.1) is 17.8 Å². The molecule has 1 fully saturated rings. The van der Waals surface area contributed by atoms with Gasteiger partial charge in [0.1, 0.15) is 5.82 Å². The third kappa shape index (κ3) is 4.39. The van der Waals surface area contributed by atoms with E-state index in [-0.39, 0.29) is 18.1 Å². The van der Waals surface area contributed by atoms with Crippen molar-refractivity contribution in [3.05, 3.63) is 59.4 Å². The fraction of sp³-hybridized carbons (Fsp3) is 0.300. The van der Waals surface area contributed by atoms with Crippen LogP contribution in [0.1, 0.15) is 35.2 Å². The van der Waals surface area contributed by atoms with Crippen molar-refractivity contribution in [1.82, 2.24) is 0 Å². The average molecular weight is 355 g/mol. The van der Waals surface area contributed by atoms with Gasteiger partial charge in [0.25, 0.3) is 0 Å². The minimum absolute atomic E-state index is 0.0536. The van der Waals surface area contributed by atoms with E-state index >= 15 is 0 Å². The number of hydrogen-bond acceptors (Lipinski definition) is 3. The molecule has 0 aliphatic carbocycles. The van der Waals surface area contributed by atoms with Crippen LogP contribution in [-0.2, 0) is 11.2 Å². The number of carbonyl (C=O) groups is 2. The molecule has 6 heteroatoms. The van der Waals surface area contributed by atoms with Crippen LogP contribution in [0.25, 0.3) is 0 Å². The zero-order valence-electron chi connectivity index (χ0n) is 14.5. The third-order valence-corrected chi connectivity index (χ3v) is 4.51. The smallest absolute Gasteiger partial charge is 0.248 e. The summed E-state index contributed by atoms with van der Waals surface area (Å²) < 4.78 is 13.3. The molecular weight excluding hydrogens is 333 g/mol. The number of carbonyl (C=O) groups excluding carboxylic acids is 2. The molecule has 0 unspecified atom stereocenters. The van der Waals surface area contributed by atoms with E-state index in [0.29, 0.717) is 16.8 Å². The highest BCUT2D eigenvalue weighted by Crippen LogP contribution is 2.30. The normalized spacial score (nSPS) is 14.1. The predicted molar refractivity (Wildman–Crippen MR) is 99.8 cm³/mol. The van der Waals surface area contributed by atoms with E-state index < -0.39 is 5.91 Å². The standard InChI is InChI=1S/C20H22FN3O2/c21-16-6-4-5-14(11-16)12-19(25)23-17-13-15(20(22)26)7-8-18(17)24-9-2-1-3-10-24/h4-8,11,13H,1-3,9-10,12H2,(H2,22,26)(H,23,25). The second-order valence-corrected chi connectivity index (χ2v) is 6.50. The van der Waals surface area contributed by atoms with Gasteiger partial charge in [-0.3, -0.25) is 9.59 Å². The maximum atomic E-state index is 13.3. The molecule has 2 aromatic carbocycles. The Balaban J connectivity index is 1.82. The Labute approximate surface area is 152 Å². The number of nitrogens with one attached hydrogen (secondary N) is 1. The van der Waals surface area contributed by atoms with Gasteiger partial charge < -0.3 is 16.0 Å². The van der Waals surface area contributed by atoms with E-state index in [9.17, 15) is 14.0 Å². The van der Waals surface area contributed by atoms with E-state index in [4.69, 9.17) is 5.73 Å². The molecule has 26 heavy (non-hydrogen) atoms. The summed E-state index contributed by atoms with van der Waals surface area (Å²) in [7, 11) is 0. The van der Waals surface area contributed by atoms with Crippen LogP contribution in [0.3, 0.4) is 0 Å². The molecule has 0 radical (unpaired) electrons. The molecule has 0 saturated carbocycles. The van der Waals surface area contributed by atoms with Gasteiger partial charge in [-0.1, -0.05) is 12.1 Å². The molecule has 1 heterocycles. The van der Waals surface area contributed by atoms with Gasteiger partial charge in [-0.15, -0.1) is 0 Å². The van der Waals surface area contributed by atoms with Crippen LogP contribution in [0.5, 0.6) is 0 Å². The number of primary amides is 1. The molecule has 0 atom stereocenters. The highest BCUT2D eigenvalue weighted by atomic mass is 19.1. The molecule has 3 N–H and O–H groups in total. The van der Waals surface area contributed by atoms with E-state index in [1.54, 1.807) is 24.3 Å². The minimum atomic E-state index is -0.546. The van der Waals surface area contributed by atoms with Crippen LogP contribution >= 0.6 is 0 Å². The van der Waals surface area contributed by atoms with E-state index in [0.717, 1.165) is 31.6 Å². The second kappa shape index (κ2) is 7.99. The average Bonchev–Trinajstić information content (AvgIpc) is 2.62. The third-order valence-electron chi connectivity index (χ3n) is 4.51. The van der Waals surface area contributed by atoms with Gasteiger partial charge in [0.15, 0.2) is 0 Å². The minimum Gasteiger partial charge on any atom is -0.370 e. The molecule has 2 aromatic rings. The lowest BCUT2D eigenvalue weighted by Crippen LogP contribution is -2.30. The van der Waals surface area contributed by atoms with Crippen LogP contribution in [-0.4, -0.2) is 24.9 Å². The second-order valence-electron chi connectivity index (χ2n) is 6.50. The quantitative estimate of drug-likeness (QED) is 0.865. The molecular formula is C20H22FN3O2. The van der Waals surface area contributed by atoms with Crippen molar-refractivity contribution in [3.63, 3.8) is 0 Å². The van der Waals surface area contributed by atoms with Crippen molar-refractivity contribution in [2.24, 2.45) is 5.73 Å². The summed E-state index contributed by atoms with van der Waals surface area (Å²) >= 11 is 0. The summed E-state index contributed by atoms with van der Waals surface area (Å²) in [6, 6.07) is 11.1. The molecule has 2 amide bonds. The summed E-state index contributed by atoms with van der Waals surface area (Å²) in [6.07, 6.45) is 3.43. The lowest BCUT2D eigenvalue weighted by molar-refractivity contribution is -0.115. The highest BCUT2D eigenvalue weighted by molar-refractivity contribution is 5.99. The van der Waals surface area contributed by atoms with Crippen molar-refractivity contribution in [2.75, 3.05) is 23.3 Å². The van der Waals surface area contributed by atoms with Crippen LogP contribution in [0.2, 0.25) is 0 Å². The number of nitrogens with zero attached hydrogens (tertiary/aromatic N) is 1. The largest absolute Gasteiger partial charge is 0.370 e. The summed E-state index contributed by atoms with van der Waals surface area (Å²) in [6.45, 7) is 1.81. The van der Waals surface area contributed by atoms with Gasteiger partial charge in [0.2, 0.25) is 11.8 Å². The number of rotatable bonds is 5. The van der Waals surface area contributed by atoms with Crippen molar-refractivity contribution in [1.29, 1.82) is 0 Å². The van der Waals surface area contributed by atoms with Crippen LogP contribution in [0.15, 0.2) is 42.5 Å². The fourth-order valence-electron chi connectivity index (χ4n) is 3.23. The SMILES string of the molecule is NC(=O)c1ccc(N2CCCCC2)c(NC(=O)Cc2cccc(F)c2)c1. The Hall–Kier alpha value is -2.89. The van der Waals surface area contributed by atoms with Crippen LogP contribution in [0.4, 0.5) is 15.8 Å². The predicted octanol–water partition coefficient (Wildman–Crippen LogP) is 3.10. The molecule has 1 aliphatic rings. The van der Waals surface area contributed by atoms with E-state index in [1.807, 2.05) is 6.07 Å². The Morgan fingerprint density at radius 3 is 2.54 bits per heavy atom. The Morgan fingerprint density at radius 2 is 1.85 bits per heavy atom. The lowest BCUT2D eigenvalue weighted by atomic mass is 10.1. The fourth-order valence-corrected chi connectivity index (χ4v) is 3.23. The zero-order chi connectivity index (χ0) is 18.5. The molecule has 1 saturated heterocycles. The summed E-state index contributed by atoms with van der Waals surface area (Å²) in [5.74, 6) is -1.19. The van der Waals surface area contributed by atoms with Crippen molar-refractivity contribution in [2.45, 2.75) is 25.7 Å². The summed E-state index contributed by atoms with van der Waals surface area (Å²) in [4.78, 5) is 26.2. The molecule has 5 nitrogen and oxygen atoms in total. The molecule has 0 bridgehead atoms. The first-order chi connectivity index (χ1) is 12.5. The number of anilines is 2. The molecule has 3 rings (SSSR count). The Bertz CT molecular complexity index is 816. The zero-order valence-corrected chi connectivity index (χ0v) is 14.5. The van der Waals surface area contributed by atoms with Gasteiger partial charge in [-0.05, 0) is 55.2 Å². The van der Waals surface area contributed by atoms with Gasteiger partial charge in [-0.25, -0.2) is 4.39 Å². The number of benzene rings is 2. The Kier molecular flexibility index (Phi) is 5.51. The number of halogens is 1. The topological polar surface area (TPSA) is 75.4 Å². The van der Waals surface area contributed by atoms with Crippen molar-refractivity contribution in [3.8, 4) is 0 Å². The van der Waals surface area contributed by atoms with E-state index in [1.165, 1.54) is 18.6 Å². The number of hydrogen-bond donors (Lipinski definition) is 2. The first-order valence-electron chi connectivity index (χ1n) is 8.76. The Morgan fingerprint density at radius 1 is 1.08 bits per heavy atom. The monoisotopic (exact) mass is 355 g/mol. The molecule has 136 valence electrons. The number of piperidine rings is 1.